The smallest absolute Gasteiger partial charge is 0.324 e. The van der Waals surface area contributed by atoms with E-state index in [4.69, 9.17) is 4.74 Å². The topological polar surface area (TPSA) is 92.7 Å². The quantitative estimate of drug-likeness (QED) is 0.801. The number of sulfonamides is 1. The molecule has 0 saturated heterocycles. The molecule has 0 bridgehead atoms. The van der Waals surface area contributed by atoms with Crippen molar-refractivity contribution in [3.05, 3.63) is 23.8 Å². The zero-order valence-electron chi connectivity index (χ0n) is 13.5. The van der Waals surface area contributed by atoms with E-state index < -0.39 is 21.5 Å². The van der Waals surface area contributed by atoms with E-state index in [1.54, 1.807) is 19.9 Å². The molecule has 1 rings (SSSR count). The molecule has 0 aliphatic carbocycles. The second-order valence-corrected chi connectivity index (χ2v) is 7.37. The molecule has 0 aliphatic heterocycles. The van der Waals surface area contributed by atoms with Crippen LogP contribution in [-0.2, 0) is 14.8 Å². The van der Waals surface area contributed by atoms with Gasteiger partial charge < -0.3 is 9.84 Å². The molecular formula is C15H23NO5S. The van der Waals surface area contributed by atoms with Gasteiger partial charge in [0.2, 0.25) is 10.0 Å². The molecule has 0 heterocycles. The summed E-state index contributed by atoms with van der Waals surface area (Å²) in [4.78, 5) is 11.3. The van der Waals surface area contributed by atoms with E-state index in [2.05, 4.69) is 4.72 Å². The Labute approximate surface area is 131 Å². The van der Waals surface area contributed by atoms with Crippen molar-refractivity contribution in [3.63, 3.8) is 0 Å². The van der Waals surface area contributed by atoms with E-state index >= 15 is 0 Å². The Morgan fingerprint density at radius 1 is 1.41 bits per heavy atom. The van der Waals surface area contributed by atoms with E-state index in [-0.39, 0.29) is 17.4 Å². The van der Waals surface area contributed by atoms with E-state index in [1.165, 1.54) is 19.1 Å². The molecule has 0 aliphatic rings. The van der Waals surface area contributed by atoms with Crippen LogP contribution in [0.15, 0.2) is 23.1 Å². The highest BCUT2D eigenvalue weighted by molar-refractivity contribution is 7.89. The number of aryl methyl sites for hydroxylation is 1. The summed E-state index contributed by atoms with van der Waals surface area (Å²) in [5.41, 5.74) is -0.870. The van der Waals surface area contributed by atoms with Gasteiger partial charge in [0.25, 0.3) is 0 Å². The van der Waals surface area contributed by atoms with Gasteiger partial charge in [-0.05, 0) is 57.9 Å². The average molecular weight is 329 g/mol. The van der Waals surface area contributed by atoms with Crippen molar-refractivity contribution in [3.8, 4) is 5.75 Å². The maximum absolute atomic E-state index is 12.4. The summed E-state index contributed by atoms with van der Waals surface area (Å²) >= 11 is 0. The molecule has 0 saturated carbocycles. The Hall–Kier alpha value is -1.60. The maximum atomic E-state index is 12.4. The fourth-order valence-corrected chi connectivity index (χ4v) is 3.32. The standard InChI is InChI=1S/C15H23NO5S/c1-6-15(5,14(17)18)16-22(19,20)12-7-8-13(11(4)9-12)21-10(2)3/h7-10,16H,6H2,1-5H3,(H,17,18). The van der Waals surface area contributed by atoms with Crippen LogP contribution in [0.4, 0.5) is 0 Å². The second-order valence-electron chi connectivity index (χ2n) is 5.69. The lowest BCUT2D eigenvalue weighted by atomic mass is 10.0. The van der Waals surface area contributed by atoms with Crippen LogP contribution in [0.1, 0.15) is 39.7 Å². The van der Waals surface area contributed by atoms with Gasteiger partial charge in [-0.25, -0.2) is 8.42 Å². The molecule has 6 nitrogen and oxygen atoms in total. The predicted molar refractivity (Wildman–Crippen MR) is 83.6 cm³/mol. The van der Waals surface area contributed by atoms with Crippen LogP contribution in [-0.4, -0.2) is 31.1 Å². The number of hydrogen-bond donors (Lipinski definition) is 2. The van der Waals surface area contributed by atoms with Gasteiger partial charge in [0.05, 0.1) is 11.0 Å². The van der Waals surface area contributed by atoms with Crippen LogP contribution >= 0.6 is 0 Å². The fourth-order valence-electron chi connectivity index (χ4n) is 1.80. The fraction of sp³-hybridized carbons (Fsp3) is 0.533. The lowest BCUT2D eigenvalue weighted by Gasteiger charge is -2.24. The highest BCUT2D eigenvalue weighted by Crippen LogP contribution is 2.24. The normalized spacial score (nSPS) is 14.6. The van der Waals surface area contributed by atoms with E-state index in [1.807, 2.05) is 13.8 Å². The first-order chi connectivity index (χ1) is 10.0. The molecule has 2 N–H and O–H groups in total. The Balaban J connectivity index is 3.14. The monoisotopic (exact) mass is 329 g/mol. The number of rotatable bonds is 7. The molecule has 1 unspecified atom stereocenters. The van der Waals surface area contributed by atoms with Crippen molar-refractivity contribution < 1.29 is 23.1 Å². The number of benzene rings is 1. The number of carbonyl (C=O) groups is 1. The van der Waals surface area contributed by atoms with Crippen LogP contribution in [0, 0.1) is 6.92 Å². The molecule has 0 radical (unpaired) electrons. The Morgan fingerprint density at radius 2 is 2.00 bits per heavy atom. The highest BCUT2D eigenvalue weighted by Gasteiger charge is 2.36. The third-order valence-corrected chi connectivity index (χ3v) is 4.95. The minimum absolute atomic E-state index is 0.0158. The maximum Gasteiger partial charge on any atom is 0.324 e. The summed E-state index contributed by atoms with van der Waals surface area (Å²) in [7, 11) is -3.93. The van der Waals surface area contributed by atoms with Crippen LogP contribution in [0.2, 0.25) is 0 Å². The first-order valence-corrected chi connectivity index (χ1v) is 8.55. The summed E-state index contributed by atoms with van der Waals surface area (Å²) in [5, 5.41) is 9.19. The van der Waals surface area contributed by atoms with Gasteiger partial charge in [-0.2, -0.15) is 4.72 Å². The highest BCUT2D eigenvalue weighted by atomic mass is 32.2. The molecule has 0 amide bonds. The summed E-state index contributed by atoms with van der Waals surface area (Å²) in [6.45, 7) is 8.46. The summed E-state index contributed by atoms with van der Waals surface area (Å²) in [6, 6.07) is 4.46. The minimum atomic E-state index is -3.93. The number of ether oxygens (including phenoxy) is 1. The van der Waals surface area contributed by atoms with Crippen LogP contribution in [0.5, 0.6) is 5.75 Å². The molecule has 0 aromatic heterocycles. The Morgan fingerprint density at radius 3 is 2.41 bits per heavy atom. The zero-order valence-corrected chi connectivity index (χ0v) is 14.3. The largest absolute Gasteiger partial charge is 0.491 e. The van der Waals surface area contributed by atoms with Gasteiger partial charge in [-0.1, -0.05) is 6.92 Å². The van der Waals surface area contributed by atoms with Crippen LogP contribution in [0.25, 0.3) is 0 Å². The molecule has 124 valence electrons. The van der Waals surface area contributed by atoms with Crippen molar-refractivity contribution in [2.75, 3.05) is 0 Å². The number of aliphatic carboxylic acids is 1. The Bertz CT molecular complexity index is 654. The predicted octanol–water partition coefficient (Wildman–Crippen LogP) is 2.31. The lowest BCUT2D eigenvalue weighted by molar-refractivity contribution is -0.143. The summed E-state index contributed by atoms with van der Waals surface area (Å²) in [6.07, 6.45) is 0.115. The van der Waals surface area contributed by atoms with Gasteiger partial charge in [-0.3, -0.25) is 4.79 Å². The molecule has 1 aromatic carbocycles. The van der Waals surface area contributed by atoms with E-state index in [9.17, 15) is 18.3 Å². The van der Waals surface area contributed by atoms with Crippen LogP contribution < -0.4 is 9.46 Å². The summed E-state index contributed by atoms with van der Waals surface area (Å²) in [5.74, 6) is -0.611. The first-order valence-electron chi connectivity index (χ1n) is 7.06. The minimum Gasteiger partial charge on any atom is -0.491 e. The molecule has 1 aromatic rings. The molecule has 22 heavy (non-hydrogen) atoms. The Kier molecular flexibility index (Phi) is 5.59. The van der Waals surface area contributed by atoms with Gasteiger partial charge in [-0.15, -0.1) is 0 Å². The van der Waals surface area contributed by atoms with Crippen molar-refractivity contribution >= 4 is 16.0 Å². The SMILES string of the molecule is CCC(C)(NS(=O)(=O)c1ccc(OC(C)C)c(C)c1)C(=O)O. The third kappa shape index (κ3) is 4.20. The number of hydrogen-bond acceptors (Lipinski definition) is 4. The van der Waals surface area contributed by atoms with E-state index in [0.717, 1.165) is 0 Å². The van der Waals surface area contributed by atoms with Crippen molar-refractivity contribution in [2.24, 2.45) is 0 Å². The molecule has 0 fully saturated rings. The second kappa shape index (κ2) is 6.66. The average Bonchev–Trinajstić information content (AvgIpc) is 2.39. The third-order valence-electron chi connectivity index (χ3n) is 3.36. The number of nitrogens with one attached hydrogen (secondary N) is 1. The first kappa shape index (κ1) is 18.4. The van der Waals surface area contributed by atoms with Gasteiger partial charge in [0, 0.05) is 0 Å². The molecule has 7 heteroatoms. The number of carboxylic acid groups (broad SMARTS) is 1. The zero-order chi connectivity index (χ0) is 17.1. The summed E-state index contributed by atoms with van der Waals surface area (Å²) < 4.78 is 32.6. The van der Waals surface area contributed by atoms with Crippen LogP contribution in [0.3, 0.4) is 0 Å². The number of carboxylic acids is 1. The lowest BCUT2D eigenvalue weighted by Crippen LogP contribution is -2.51. The molecule has 0 spiro atoms. The van der Waals surface area contributed by atoms with Crippen molar-refractivity contribution in [1.82, 2.24) is 4.72 Å². The van der Waals surface area contributed by atoms with Crippen molar-refractivity contribution in [2.45, 2.75) is 57.6 Å². The van der Waals surface area contributed by atoms with Gasteiger partial charge in [0.1, 0.15) is 11.3 Å². The van der Waals surface area contributed by atoms with Gasteiger partial charge in [0.15, 0.2) is 0 Å². The van der Waals surface area contributed by atoms with E-state index in [0.29, 0.717) is 11.3 Å². The molecular weight excluding hydrogens is 306 g/mol. The van der Waals surface area contributed by atoms with Gasteiger partial charge >= 0.3 is 5.97 Å². The molecule has 1 atom stereocenters. The van der Waals surface area contributed by atoms with Crippen molar-refractivity contribution in [1.29, 1.82) is 0 Å².